The van der Waals surface area contributed by atoms with Crippen LogP contribution in [0.4, 0.5) is 0 Å². The molecule has 1 heterocycles. The highest BCUT2D eigenvalue weighted by Crippen LogP contribution is 2.17. The van der Waals surface area contributed by atoms with Crippen LogP contribution in [0.5, 0.6) is 0 Å². The maximum absolute atomic E-state index is 12.2. The van der Waals surface area contributed by atoms with Crippen LogP contribution in [0, 0.1) is 5.92 Å². The molecule has 1 amide bonds. The number of hydrogen-bond acceptors (Lipinski definition) is 3. The summed E-state index contributed by atoms with van der Waals surface area (Å²) >= 11 is 0. The predicted molar refractivity (Wildman–Crippen MR) is 90.0 cm³/mol. The lowest BCUT2D eigenvalue weighted by Gasteiger charge is -2.29. The minimum absolute atomic E-state index is 0.109. The van der Waals surface area contributed by atoms with Crippen LogP contribution in [0.25, 0.3) is 0 Å². The Labute approximate surface area is 138 Å². The Balaban J connectivity index is 1.69. The fourth-order valence-electron chi connectivity index (χ4n) is 2.68. The molecule has 0 aromatic heterocycles. The van der Waals surface area contributed by atoms with Crippen molar-refractivity contribution in [2.75, 3.05) is 26.2 Å². The molecule has 1 aromatic rings. The molecule has 1 fully saturated rings. The molecule has 7 heteroatoms. The molecule has 0 aliphatic carbocycles. The molecule has 128 valence electrons. The Hall–Kier alpha value is -1.44. The molecule has 23 heavy (non-hydrogen) atoms. The van der Waals surface area contributed by atoms with Crippen molar-refractivity contribution in [2.24, 2.45) is 5.92 Å². The number of benzene rings is 1. The Morgan fingerprint density at radius 2 is 2.00 bits per heavy atom. The van der Waals surface area contributed by atoms with Crippen LogP contribution in [-0.2, 0) is 21.4 Å². The molecule has 0 bridgehead atoms. The maximum Gasteiger partial charge on any atom is 0.279 e. The van der Waals surface area contributed by atoms with Crippen molar-refractivity contribution >= 4 is 16.1 Å². The summed E-state index contributed by atoms with van der Waals surface area (Å²) in [6, 6.07) is 9.45. The average molecular weight is 339 g/mol. The third-order valence-electron chi connectivity index (χ3n) is 3.90. The molecule has 1 atom stereocenters. The van der Waals surface area contributed by atoms with E-state index in [1.165, 1.54) is 4.31 Å². The molecule has 1 aliphatic heterocycles. The summed E-state index contributed by atoms with van der Waals surface area (Å²) in [5.41, 5.74) is 0.938. The summed E-state index contributed by atoms with van der Waals surface area (Å²) in [5, 5.41) is 2.73. The Bertz CT molecular complexity index is 604. The smallest absolute Gasteiger partial charge is 0.279 e. The molecular weight excluding hydrogens is 314 g/mol. The fourth-order valence-corrected chi connectivity index (χ4v) is 4.04. The molecule has 0 spiro atoms. The fraction of sp³-hybridized carbons (Fsp3) is 0.562. The van der Waals surface area contributed by atoms with Gasteiger partial charge < -0.3 is 5.32 Å². The van der Waals surface area contributed by atoms with Crippen molar-refractivity contribution in [3.63, 3.8) is 0 Å². The van der Waals surface area contributed by atoms with Gasteiger partial charge in [0, 0.05) is 26.2 Å². The summed E-state index contributed by atoms with van der Waals surface area (Å²) in [5.74, 6) is 0.285. The van der Waals surface area contributed by atoms with Crippen LogP contribution in [0.1, 0.15) is 25.3 Å². The van der Waals surface area contributed by atoms with E-state index < -0.39 is 10.2 Å². The number of nitrogens with zero attached hydrogens (tertiary/aromatic N) is 1. The van der Waals surface area contributed by atoms with E-state index in [2.05, 4.69) is 17.0 Å². The number of hydrogen-bond donors (Lipinski definition) is 2. The topological polar surface area (TPSA) is 78.5 Å². The zero-order valence-electron chi connectivity index (χ0n) is 13.5. The first-order valence-corrected chi connectivity index (χ1v) is 9.47. The lowest BCUT2D eigenvalue weighted by molar-refractivity contribution is -0.120. The van der Waals surface area contributed by atoms with Gasteiger partial charge in [-0.05, 0) is 24.3 Å². The molecular formula is C16H25N3O3S. The summed E-state index contributed by atoms with van der Waals surface area (Å²) in [6.45, 7) is 3.68. The number of carbonyl (C=O) groups is 1. The highest BCUT2D eigenvalue weighted by atomic mass is 32.2. The average Bonchev–Trinajstić information content (AvgIpc) is 2.53. The molecule has 1 aliphatic rings. The van der Waals surface area contributed by atoms with Gasteiger partial charge in [0.1, 0.15) is 0 Å². The first kappa shape index (κ1) is 17.9. The third kappa shape index (κ3) is 5.93. The highest BCUT2D eigenvalue weighted by Gasteiger charge is 2.26. The van der Waals surface area contributed by atoms with Crippen molar-refractivity contribution in [3.05, 3.63) is 35.9 Å². The number of amides is 1. The van der Waals surface area contributed by atoms with Crippen LogP contribution in [0.3, 0.4) is 0 Å². The van der Waals surface area contributed by atoms with Gasteiger partial charge in [-0.3, -0.25) is 4.79 Å². The standard InChI is InChI=1S/C16H25N3O3S/c1-14-6-5-11-19(13-14)23(21,22)18-10-9-17-16(20)12-15-7-3-2-4-8-15/h2-4,7-8,14,18H,5-6,9-13H2,1H3,(H,17,20)/t14-/m1/s1. The van der Waals surface area contributed by atoms with E-state index in [4.69, 9.17) is 0 Å². The molecule has 0 radical (unpaired) electrons. The maximum atomic E-state index is 12.2. The second-order valence-electron chi connectivity index (χ2n) is 6.02. The third-order valence-corrected chi connectivity index (χ3v) is 5.48. The Kier molecular flexibility index (Phi) is 6.56. The van der Waals surface area contributed by atoms with Gasteiger partial charge in [0.05, 0.1) is 6.42 Å². The zero-order chi connectivity index (χ0) is 16.7. The number of carbonyl (C=O) groups excluding carboxylic acids is 1. The monoisotopic (exact) mass is 339 g/mol. The van der Waals surface area contributed by atoms with Gasteiger partial charge in [-0.2, -0.15) is 12.7 Å². The molecule has 0 unspecified atom stereocenters. The van der Waals surface area contributed by atoms with Gasteiger partial charge in [-0.15, -0.1) is 0 Å². The molecule has 2 rings (SSSR count). The highest BCUT2D eigenvalue weighted by molar-refractivity contribution is 7.87. The lowest BCUT2D eigenvalue weighted by atomic mass is 10.0. The SMILES string of the molecule is C[C@@H]1CCCN(S(=O)(=O)NCCNC(=O)Cc2ccccc2)C1. The second kappa shape index (κ2) is 8.42. The van der Waals surface area contributed by atoms with Crippen molar-refractivity contribution < 1.29 is 13.2 Å². The van der Waals surface area contributed by atoms with Gasteiger partial charge >= 0.3 is 0 Å². The van der Waals surface area contributed by atoms with Crippen molar-refractivity contribution in [1.82, 2.24) is 14.3 Å². The Morgan fingerprint density at radius 3 is 2.70 bits per heavy atom. The zero-order valence-corrected chi connectivity index (χ0v) is 14.3. The largest absolute Gasteiger partial charge is 0.354 e. The van der Waals surface area contributed by atoms with E-state index >= 15 is 0 Å². The summed E-state index contributed by atoms with van der Waals surface area (Å²) in [4.78, 5) is 11.8. The van der Waals surface area contributed by atoms with Crippen LogP contribution in [0.2, 0.25) is 0 Å². The minimum atomic E-state index is -3.44. The normalized spacial score (nSPS) is 19.4. The van der Waals surface area contributed by atoms with Crippen molar-refractivity contribution in [3.8, 4) is 0 Å². The van der Waals surface area contributed by atoms with Gasteiger partial charge in [0.2, 0.25) is 5.91 Å². The van der Waals surface area contributed by atoms with Gasteiger partial charge in [-0.1, -0.05) is 37.3 Å². The first-order valence-electron chi connectivity index (χ1n) is 8.03. The van der Waals surface area contributed by atoms with E-state index in [0.717, 1.165) is 18.4 Å². The van der Waals surface area contributed by atoms with Crippen LogP contribution < -0.4 is 10.0 Å². The lowest BCUT2D eigenvalue weighted by Crippen LogP contribution is -2.47. The van der Waals surface area contributed by atoms with Gasteiger partial charge in [-0.25, -0.2) is 4.72 Å². The van der Waals surface area contributed by atoms with Gasteiger partial charge in [0.25, 0.3) is 10.2 Å². The quantitative estimate of drug-likeness (QED) is 0.725. The first-order chi connectivity index (χ1) is 11.0. The molecule has 0 saturated carbocycles. The van der Waals surface area contributed by atoms with Crippen LogP contribution >= 0.6 is 0 Å². The minimum Gasteiger partial charge on any atom is -0.354 e. The van der Waals surface area contributed by atoms with Crippen molar-refractivity contribution in [1.29, 1.82) is 0 Å². The summed E-state index contributed by atoms with van der Waals surface area (Å²) in [7, 11) is -3.44. The number of rotatable bonds is 7. The predicted octanol–water partition coefficient (Wildman–Crippen LogP) is 0.912. The molecule has 2 N–H and O–H groups in total. The summed E-state index contributed by atoms with van der Waals surface area (Å²) < 4.78 is 28.4. The van der Waals surface area contributed by atoms with E-state index in [1.807, 2.05) is 30.3 Å². The molecule has 6 nitrogen and oxygen atoms in total. The van der Waals surface area contributed by atoms with E-state index in [0.29, 0.717) is 25.4 Å². The Morgan fingerprint density at radius 1 is 1.26 bits per heavy atom. The van der Waals surface area contributed by atoms with Crippen molar-refractivity contribution in [2.45, 2.75) is 26.2 Å². The van der Waals surface area contributed by atoms with E-state index in [1.54, 1.807) is 0 Å². The molecule has 1 aromatic carbocycles. The van der Waals surface area contributed by atoms with Gasteiger partial charge in [0.15, 0.2) is 0 Å². The number of nitrogens with one attached hydrogen (secondary N) is 2. The van der Waals surface area contributed by atoms with Crippen LogP contribution in [0.15, 0.2) is 30.3 Å². The molecule has 1 saturated heterocycles. The summed E-state index contributed by atoms with van der Waals surface area (Å²) in [6.07, 6.45) is 2.27. The number of piperidine rings is 1. The van der Waals surface area contributed by atoms with Crippen LogP contribution in [-0.4, -0.2) is 44.8 Å². The van der Waals surface area contributed by atoms with E-state index in [9.17, 15) is 13.2 Å². The second-order valence-corrected chi connectivity index (χ2v) is 7.77. The van der Waals surface area contributed by atoms with E-state index in [-0.39, 0.29) is 19.0 Å².